The molecule has 1 aliphatic rings. The van der Waals surface area contributed by atoms with Crippen molar-refractivity contribution in [2.24, 2.45) is 0 Å². The highest BCUT2D eigenvalue weighted by atomic mass is 35.5. The molecular formula is C14H31Cl2N3O2. The summed E-state index contributed by atoms with van der Waals surface area (Å²) in [5, 5.41) is 6.21. The molecule has 0 spiro atoms. The largest absolute Gasteiger partial charge is 0.383 e. The van der Waals surface area contributed by atoms with Gasteiger partial charge in [-0.25, -0.2) is 0 Å². The predicted octanol–water partition coefficient (Wildman–Crippen LogP) is 1.45. The molecule has 1 unspecified atom stereocenters. The number of hydrogen-bond donors (Lipinski definition) is 2. The molecule has 0 radical (unpaired) electrons. The quantitative estimate of drug-likeness (QED) is 0.655. The van der Waals surface area contributed by atoms with Gasteiger partial charge in [-0.15, -0.1) is 24.8 Å². The van der Waals surface area contributed by atoms with Crippen molar-refractivity contribution >= 4 is 30.7 Å². The van der Waals surface area contributed by atoms with Crippen molar-refractivity contribution in [3.63, 3.8) is 0 Å². The zero-order chi connectivity index (χ0) is 13.9. The Labute approximate surface area is 141 Å². The summed E-state index contributed by atoms with van der Waals surface area (Å²) in [4.78, 5) is 14.3. The maximum atomic E-state index is 12.0. The van der Waals surface area contributed by atoms with Crippen LogP contribution in [0.2, 0.25) is 0 Å². The van der Waals surface area contributed by atoms with Crippen LogP contribution in [0.15, 0.2) is 0 Å². The average Bonchev–Trinajstić information content (AvgIpc) is 2.70. The third-order valence-electron chi connectivity index (χ3n) is 3.65. The number of rotatable bonds is 8. The van der Waals surface area contributed by atoms with Crippen molar-refractivity contribution in [1.82, 2.24) is 15.5 Å². The highest BCUT2D eigenvalue weighted by Gasteiger charge is 2.21. The molecule has 2 N–H and O–H groups in total. The van der Waals surface area contributed by atoms with Crippen molar-refractivity contribution in [3.05, 3.63) is 0 Å². The zero-order valence-electron chi connectivity index (χ0n) is 13.2. The van der Waals surface area contributed by atoms with Crippen molar-refractivity contribution in [3.8, 4) is 0 Å². The molecule has 1 atom stereocenters. The smallest absolute Gasteiger partial charge is 0.237 e. The lowest BCUT2D eigenvalue weighted by atomic mass is 10.2. The first-order valence-electron chi connectivity index (χ1n) is 7.47. The van der Waals surface area contributed by atoms with E-state index in [0.717, 1.165) is 26.2 Å². The van der Waals surface area contributed by atoms with E-state index in [0.29, 0.717) is 13.2 Å². The second-order valence-corrected chi connectivity index (χ2v) is 5.16. The summed E-state index contributed by atoms with van der Waals surface area (Å²) < 4.78 is 4.94. The van der Waals surface area contributed by atoms with Crippen LogP contribution in [0.3, 0.4) is 0 Å². The van der Waals surface area contributed by atoms with Crippen LogP contribution >= 0.6 is 24.8 Å². The molecule has 0 aromatic heterocycles. The fourth-order valence-corrected chi connectivity index (χ4v) is 2.37. The average molecular weight is 344 g/mol. The molecule has 128 valence electrons. The molecule has 21 heavy (non-hydrogen) atoms. The van der Waals surface area contributed by atoms with Gasteiger partial charge in [-0.3, -0.25) is 9.69 Å². The maximum Gasteiger partial charge on any atom is 0.237 e. The van der Waals surface area contributed by atoms with Gasteiger partial charge in [-0.1, -0.05) is 12.8 Å². The van der Waals surface area contributed by atoms with Crippen molar-refractivity contribution in [1.29, 1.82) is 0 Å². The van der Waals surface area contributed by atoms with Crippen LogP contribution in [0, 0.1) is 0 Å². The van der Waals surface area contributed by atoms with Gasteiger partial charge >= 0.3 is 0 Å². The molecule has 1 aliphatic heterocycles. The highest BCUT2D eigenvalue weighted by Crippen LogP contribution is 2.12. The van der Waals surface area contributed by atoms with Crippen LogP contribution in [0.1, 0.15) is 32.6 Å². The summed E-state index contributed by atoms with van der Waals surface area (Å²) in [5.41, 5.74) is 0. The monoisotopic (exact) mass is 343 g/mol. The van der Waals surface area contributed by atoms with E-state index in [1.807, 2.05) is 6.92 Å². The van der Waals surface area contributed by atoms with Gasteiger partial charge in [0.05, 0.1) is 12.6 Å². The van der Waals surface area contributed by atoms with Gasteiger partial charge in [0.25, 0.3) is 0 Å². The number of halogens is 2. The molecule has 7 heteroatoms. The summed E-state index contributed by atoms with van der Waals surface area (Å²) >= 11 is 0. The summed E-state index contributed by atoms with van der Waals surface area (Å²) in [6.45, 7) is 7.13. The molecule has 1 heterocycles. The van der Waals surface area contributed by atoms with Gasteiger partial charge in [0.2, 0.25) is 5.91 Å². The van der Waals surface area contributed by atoms with E-state index in [1.54, 1.807) is 7.11 Å². The van der Waals surface area contributed by atoms with E-state index >= 15 is 0 Å². The van der Waals surface area contributed by atoms with E-state index < -0.39 is 0 Å². The van der Waals surface area contributed by atoms with Crippen LogP contribution in [0.25, 0.3) is 0 Å². The van der Waals surface area contributed by atoms with Crippen LogP contribution in [-0.2, 0) is 9.53 Å². The number of ether oxygens (including phenoxy) is 1. The Hall–Kier alpha value is -0.0700. The fraction of sp³-hybridized carbons (Fsp3) is 0.929. The lowest BCUT2D eigenvalue weighted by Gasteiger charge is -2.26. The summed E-state index contributed by atoms with van der Waals surface area (Å²) in [5.74, 6) is 0.149. The van der Waals surface area contributed by atoms with Gasteiger partial charge in [0.15, 0.2) is 0 Å². The molecule has 1 fully saturated rings. The fourth-order valence-electron chi connectivity index (χ4n) is 2.37. The van der Waals surface area contributed by atoms with Crippen LogP contribution in [0.4, 0.5) is 0 Å². The van der Waals surface area contributed by atoms with E-state index in [1.165, 1.54) is 25.7 Å². The molecule has 0 aromatic carbocycles. The summed E-state index contributed by atoms with van der Waals surface area (Å²) in [7, 11) is 1.69. The SMILES string of the molecule is COCCNCCNC(=O)C(C)N1CCCCCC1.Cl.Cl. The number of nitrogens with one attached hydrogen (secondary N) is 2. The van der Waals surface area contributed by atoms with Gasteiger partial charge in [-0.2, -0.15) is 0 Å². The van der Waals surface area contributed by atoms with Gasteiger partial charge in [-0.05, 0) is 32.9 Å². The molecule has 0 saturated carbocycles. The molecule has 0 aliphatic carbocycles. The first kappa shape index (κ1) is 23.2. The van der Waals surface area contributed by atoms with Crippen molar-refractivity contribution in [2.75, 3.05) is 46.4 Å². The Kier molecular flexibility index (Phi) is 16.4. The zero-order valence-corrected chi connectivity index (χ0v) is 14.9. The number of hydrogen-bond acceptors (Lipinski definition) is 4. The highest BCUT2D eigenvalue weighted by molar-refractivity contribution is 5.85. The second kappa shape index (κ2) is 14.9. The van der Waals surface area contributed by atoms with E-state index in [9.17, 15) is 4.79 Å². The maximum absolute atomic E-state index is 12.0. The summed E-state index contributed by atoms with van der Waals surface area (Å²) in [6, 6.07) is -0.00271. The Morgan fingerprint density at radius 1 is 1.10 bits per heavy atom. The standard InChI is InChI=1S/C14H29N3O2.2ClH/c1-13(17-10-5-3-4-6-11-17)14(18)16-8-7-15-9-12-19-2;;/h13,15H,3-12H2,1-2H3,(H,16,18);2*1H. The Morgan fingerprint density at radius 2 is 1.71 bits per heavy atom. The first-order chi connectivity index (χ1) is 9.25. The summed E-state index contributed by atoms with van der Waals surface area (Å²) in [6.07, 6.45) is 5.04. The van der Waals surface area contributed by atoms with E-state index in [-0.39, 0.29) is 36.8 Å². The van der Waals surface area contributed by atoms with Crippen LogP contribution in [-0.4, -0.2) is 63.3 Å². The molecule has 0 aromatic rings. The molecule has 1 rings (SSSR count). The minimum atomic E-state index is -0.00271. The topological polar surface area (TPSA) is 53.6 Å². The minimum absolute atomic E-state index is 0. The molecule has 1 amide bonds. The molecule has 0 bridgehead atoms. The number of likely N-dealkylation sites (tertiary alicyclic amines) is 1. The van der Waals surface area contributed by atoms with Crippen LogP contribution < -0.4 is 10.6 Å². The predicted molar refractivity (Wildman–Crippen MR) is 91.8 cm³/mol. The minimum Gasteiger partial charge on any atom is -0.383 e. The number of carbonyl (C=O) groups excluding carboxylic acids is 1. The van der Waals surface area contributed by atoms with Gasteiger partial charge in [0.1, 0.15) is 0 Å². The lowest BCUT2D eigenvalue weighted by molar-refractivity contribution is -0.125. The molecule has 1 saturated heterocycles. The Bertz CT molecular complexity index is 250. The molecular weight excluding hydrogens is 313 g/mol. The number of nitrogens with zero attached hydrogens (tertiary/aromatic N) is 1. The van der Waals surface area contributed by atoms with Crippen LogP contribution in [0.5, 0.6) is 0 Å². The number of methoxy groups -OCH3 is 1. The second-order valence-electron chi connectivity index (χ2n) is 5.16. The normalized spacial score (nSPS) is 17.0. The Balaban J connectivity index is 0. The van der Waals surface area contributed by atoms with Gasteiger partial charge in [0, 0.05) is 26.7 Å². The lowest BCUT2D eigenvalue weighted by Crippen LogP contribution is -2.47. The number of carbonyl (C=O) groups is 1. The Morgan fingerprint density at radius 3 is 2.29 bits per heavy atom. The van der Waals surface area contributed by atoms with Crippen molar-refractivity contribution < 1.29 is 9.53 Å². The van der Waals surface area contributed by atoms with E-state index in [2.05, 4.69) is 15.5 Å². The first-order valence-corrected chi connectivity index (χ1v) is 7.47. The number of amides is 1. The third-order valence-corrected chi connectivity index (χ3v) is 3.65. The van der Waals surface area contributed by atoms with Crippen molar-refractivity contribution in [2.45, 2.75) is 38.6 Å². The van der Waals surface area contributed by atoms with E-state index in [4.69, 9.17) is 4.74 Å². The third kappa shape index (κ3) is 10.3. The molecule has 5 nitrogen and oxygen atoms in total. The van der Waals surface area contributed by atoms with Gasteiger partial charge < -0.3 is 15.4 Å².